The van der Waals surface area contributed by atoms with Crippen LogP contribution in [-0.2, 0) is 0 Å². The van der Waals surface area contributed by atoms with Crippen LogP contribution in [0, 0.1) is 0 Å². The third-order valence-corrected chi connectivity index (χ3v) is 9.47. The topological polar surface area (TPSA) is 4.93 Å². The van der Waals surface area contributed by atoms with Crippen molar-refractivity contribution in [1.29, 1.82) is 0 Å². The molecule has 9 rings (SSSR count). The fourth-order valence-corrected chi connectivity index (χ4v) is 7.69. The lowest BCUT2D eigenvalue weighted by Crippen LogP contribution is -1.93. The second-order valence-electron chi connectivity index (χ2n) is 10.6. The number of hydrogen-bond acceptors (Lipinski definition) is 1. The minimum Gasteiger partial charge on any atom is -0.309 e. The normalized spacial score (nSPS) is 12.0. The molecule has 0 fully saturated rings. The Kier molecular flexibility index (Phi) is 4.55. The van der Waals surface area contributed by atoms with Crippen LogP contribution in [-0.4, -0.2) is 4.57 Å². The third-order valence-electron chi connectivity index (χ3n) is 8.35. The fourth-order valence-electron chi connectivity index (χ4n) is 6.55. The van der Waals surface area contributed by atoms with Gasteiger partial charge in [0.15, 0.2) is 0 Å². The molecule has 0 unspecified atom stereocenters. The van der Waals surface area contributed by atoms with E-state index in [4.69, 9.17) is 0 Å². The molecule has 0 saturated heterocycles. The van der Waals surface area contributed by atoms with Crippen molar-refractivity contribution in [3.8, 4) is 16.8 Å². The van der Waals surface area contributed by atoms with E-state index in [1.54, 1.807) is 0 Å². The SMILES string of the molecule is c1ccc(-c2ccc3c(ccc4c3c3cc5sc6ccc7ccccc7c6c5cc3n4-c3ccccc3)c2)cc1. The predicted molar refractivity (Wildman–Crippen MR) is 174 cm³/mol. The zero-order chi connectivity index (χ0) is 26.2. The van der Waals surface area contributed by atoms with Gasteiger partial charge in [-0.3, -0.25) is 0 Å². The van der Waals surface area contributed by atoms with Crippen molar-refractivity contribution in [3.05, 3.63) is 140 Å². The highest BCUT2D eigenvalue weighted by Crippen LogP contribution is 2.44. The number of benzene rings is 7. The first-order valence-electron chi connectivity index (χ1n) is 13.7. The third kappa shape index (κ3) is 3.08. The molecule has 9 aromatic rings. The number of hydrogen-bond donors (Lipinski definition) is 0. The van der Waals surface area contributed by atoms with Crippen LogP contribution in [0.15, 0.2) is 140 Å². The van der Waals surface area contributed by atoms with Gasteiger partial charge < -0.3 is 4.57 Å². The fraction of sp³-hybridized carbons (Fsp3) is 0. The highest BCUT2D eigenvalue weighted by Gasteiger charge is 2.18. The van der Waals surface area contributed by atoms with Crippen molar-refractivity contribution in [2.75, 3.05) is 0 Å². The molecule has 0 radical (unpaired) electrons. The molecule has 0 aliphatic rings. The van der Waals surface area contributed by atoms with E-state index in [0.29, 0.717) is 0 Å². The van der Waals surface area contributed by atoms with Crippen LogP contribution in [0.3, 0.4) is 0 Å². The van der Waals surface area contributed by atoms with Gasteiger partial charge in [0.25, 0.3) is 0 Å². The largest absolute Gasteiger partial charge is 0.309 e. The van der Waals surface area contributed by atoms with E-state index in [9.17, 15) is 0 Å². The summed E-state index contributed by atoms with van der Waals surface area (Å²) < 4.78 is 5.13. The lowest BCUT2D eigenvalue weighted by atomic mass is 9.98. The Morgan fingerprint density at radius 2 is 1.15 bits per heavy atom. The summed E-state index contributed by atoms with van der Waals surface area (Å²) >= 11 is 1.90. The van der Waals surface area contributed by atoms with Gasteiger partial charge in [-0.1, -0.05) is 97.1 Å². The molecule has 2 aromatic heterocycles. The van der Waals surface area contributed by atoms with Crippen LogP contribution in [0.25, 0.3) is 80.3 Å². The second-order valence-corrected chi connectivity index (χ2v) is 11.6. The number of para-hydroxylation sites is 1. The van der Waals surface area contributed by atoms with Crippen LogP contribution in [0.2, 0.25) is 0 Å². The zero-order valence-electron chi connectivity index (χ0n) is 21.6. The Bertz CT molecular complexity index is 2410. The molecule has 0 atom stereocenters. The van der Waals surface area contributed by atoms with Crippen LogP contribution in [0.5, 0.6) is 0 Å². The summed E-state index contributed by atoms with van der Waals surface area (Å²) in [5.74, 6) is 0. The molecular weight excluding hydrogens is 502 g/mol. The summed E-state index contributed by atoms with van der Waals surface area (Å²) in [4.78, 5) is 0. The van der Waals surface area contributed by atoms with Crippen molar-refractivity contribution < 1.29 is 0 Å². The summed E-state index contributed by atoms with van der Waals surface area (Å²) in [6, 6.07) is 51.1. The lowest BCUT2D eigenvalue weighted by Gasteiger charge is -2.09. The monoisotopic (exact) mass is 525 g/mol. The van der Waals surface area contributed by atoms with Gasteiger partial charge in [0.05, 0.1) is 11.0 Å². The number of nitrogens with zero attached hydrogens (tertiary/aromatic N) is 1. The molecule has 0 aliphatic heterocycles. The van der Waals surface area contributed by atoms with Crippen LogP contribution in [0.1, 0.15) is 0 Å². The number of fused-ring (bicyclic) bond motifs is 10. The Balaban J connectivity index is 1.43. The first-order valence-corrected chi connectivity index (χ1v) is 14.5. The quantitative estimate of drug-likeness (QED) is 0.211. The molecule has 2 heterocycles. The van der Waals surface area contributed by atoms with Gasteiger partial charge in [-0.2, -0.15) is 0 Å². The highest BCUT2D eigenvalue weighted by molar-refractivity contribution is 7.26. The maximum absolute atomic E-state index is 2.45. The molecule has 0 spiro atoms. The van der Waals surface area contributed by atoms with Gasteiger partial charge in [0.2, 0.25) is 0 Å². The Morgan fingerprint density at radius 3 is 2.02 bits per heavy atom. The smallest absolute Gasteiger partial charge is 0.0548 e. The number of thiophene rings is 1. The summed E-state index contributed by atoms with van der Waals surface area (Å²) in [6.45, 7) is 0. The molecule has 40 heavy (non-hydrogen) atoms. The summed E-state index contributed by atoms with van der Waals surface area (Å²) in [7, 11) is 0. The molecule has 1 nitrogen and oxygen atoms in total. The first-order chi connectivity index (χ1) is 19.8. The van der Waals surface area contributed by atoms with E-state index in [1.807, 2.05) is 11.3 Å². The Hall–Kier alpha value is -4.92. The highest BCUT2D eigenvalue weighted by atomic mass is 32.1. The van der Waals surface area contributed by atoms with E-state index in [1.165, 1.54) is 80.3 Å². The Labute approximate surface area is 235 Å². The predicted octanol–water partition coefficient (Wildman–Crippen LogP) is 11.1. The van der Waals surface area contributed by atoms with Crippen LogP contribution < -0.4 is 0 Å². The van der Waals surface area contributed by atoms with Crippen molar-refractivity contribution in [1.82, 2.24) is 4.57 Å². The van der Waals surface area contributed by atoms with E-state index in [-0.39, 0.29) is 0 Å². The maximum atomic E-state index is 2.45. The molecule has 0 aliphatic carbocycles. The van der Waals surface area contributed by atoms with Gasteiger partial charge in [-0.15, -0.1) is 11.3 Å². The van der Waals surface area contributed by atoms with Gasteiger partial charge in [-0.25, -0.2) is 0 Å². The van der Waals surface area contributed by atoms with Gasteiger partial charge in [0.1, 0.15) is 0 Å². The zero-order valence-corrected chi connectivity index (χ0v) is 22.5. The van der Waals surface area contributed by atoms with Crippen molar-refractivity contribution in [2.24, 2.45) is 0 Å². The maximum Gasteiger partial charge on any atom is 0.0548 e. The average molecular weight is 526 g/mol. The number of aromatic nitrogens is 1. The minimum absolute atomic E-state index is 1.19. The molecule has 7 aromatic carbocycles. The molecular formula is C38H23NS. The average Bonchev–Trinajstić information content (AvgIpc) is 3.55. The molecule has 0 bridgehead atoms. The van der Waals surface area contributed by atoms with Gasteiger partial charge >= 0.3 is 0 Å². The summed E-state index contributed by atoms with van der Waals surface area (Å²) in [5, 5.41) is 10.5. The standard InChI is InChI=1S/C38H23NS/c1-3-9-24(10-4-1)26-15-18-30-27(21-26)16-19-33-37(30)31-23-36-32(22-34(31)39(33)28-12-5-2-6-13-28)38-29-14-8-7-11-25(29)17-20-35(38)40-36/h1-23H. The van der Waals surface area contributed by atoms with Crippen molar-refractivity contribution in [2.45, 2.75) is 0 Å². The summed E-state index contributed by atoms with van der Waals surface area (Å²) in [5.41, 5.74) is 6.17. The van der Waals surface area contributed by atoms with Crippen LogP contribution in [0.4, 0.5) is 0 Å². The molecule has 0 amide bonds. The molecule has 186 valence electrons. The van der Waals surface area contributed by atoms with E-state index in [0.717, 1.165) is 0 Å². The Morgan fingerprint density at radius 1 is 0.400 bits per heavy atom. The van der Waals surface area contributed by atoms with E-state index < -0.39 is 0 Å². The van der Waals surface area contributed by atoms with Gasteiger partial charge in [0, 0.05) is 36.6 Å². The van der Waals surface area contributed by atoms with Crippen molar-refractivity contribution in [3.63, 3.8) is 0 Å². The summed E-state index contributed by atoms with van der Waals surface area (Å²) in [6.07, 6.45) is 0. The lowest BCUT2D eigenvalue weighted by molar-refractivity contribution is 1.18. The molecule has 0 saturated carbocycles. The number of rotatable bonds is 2. The van der Waals surface area contributed by atoms with E-state index >= 15 is 0 Å². The van der Waals surface area contributed by atoms with E-state index in [2.05, 4.69) is 144 Å². The van der Waals surface area contributed by atoms with Gasteiger partial charge in [-0.05, 0) is 75.1 Å². The van der Waals surface area contributed by atoms with Crippen LogP contribution >= 0.6 is 11.3 Å². The first kappa shape index (κ1) is 22.0. The second kappa shape index (κ2) is 8.29. The molecule has 0 N–H and O–H groups in total. The van der Waals surface area contributed by atoms with Crippen molar-refractivity contribution >= 4 is 74.9 Å². The minimum atomic E-state index is 1.19. The molecule has 2 heteroatoms.